The van der Waals surface area contributed by atoms with Crippen LogP contribution in [0.15, 0.2) is 12.7 Å². The van der Waals surface area contributed by atoms with Crippen molar-refractivity contribution < 1.29 is 14.3 Å². The van der Waals surface area contributed by atoms with Gasteiger partial charge in [-0.2, -0.15) is 11.8 Å². The summed E-state index contributed by atoms with van der Waals surface area (Å²) in [4.78, 5) is 11.0. The van der Waals surface area contributed by atoms with Gasteiger partial charge in [0.15, 0.2) is 0 Å². The summed E-state index contributed by atoms with van der Waals surface area (Å²) in [7, 11) is 0. The predicted octanol–water partition coefficient (Wildman–Crippen LogP) is 2.26. The molecule has 1 heterocycles. The molecule has 3 saturated carbocycles. The first kappa shape index (κ1) is 12.3. The van der Waals surface area contributed by atoms with E-state index in [1.54, 1.807) is 0 Å². The smallest absolute Gasteiger partial charge is 0.330 e. The molecule has 7 unspecified atom stereocenters. The Labute approximate surface area is 118 Å². The molecule has 0 amide bonds. The number of rotatable bonds is 5. The van der Waals surface area contributed by atoms with Gasteiger partial charge in [-0.25, -0.2) is 4.79 Å². The van der Waals surface area contributed by atoms with Crippen LogP contribution in [0.2, 0.25) is 0 Å². The lowest BCUT2D eigenvalue weighted by Gasteiger charge is -2.32. The first-order valence-corrected chi connectivity index (χ1v) is 8.39. The summed E-state index contributed by atoms with van der Waals surface area (Å²) < 4.78 is 10.8. The highest BCUT2D eigenvalue weighted by Crippen LogP contribution is 2.65. The van der Waals surface area contributed by atoms with Crippen molar-refractivity contribution in [1.82, 2.24) is 0 Å². The van der Waals surface area contributed by atoms with Crippen LogP contribution in [0.1, 0.15) is 19.3 Å². The third-order valence-corrected chi connectivity index (χ3v) is 6.89. The molecule has 4 aliphatic rings. The number of esters is 1. The number of epoxide rings is 1. The van der Waals surface area contributed by atoms with Crippen molar-refractivity contribution in [2.75, 3.05) is 12.4 Å². The van der Waals surface area contributed by atoms with E-state index in [2.05, 4.69) is 6.58 Å². The average Bonchev–Trinajstić information content (AvgIpc) is 2.79. The Balaban J connectivity index is 1.28. The minimum Gasteiger partial charge on any atom is -0.462 e. The minimum absolute atomic E-state index is 0.307. The summed E-state index contributed by atoms with van der Waals surface area (Å²) in [6.45, 7) is 3.92. The van der Waals surface area contributed by atoms with Crippen molar-refractivity contribution in [3.05, 3.63) is 12.7 Å². The Hall–Kier alpha value is -0.480. The lowest BCUT2D eigenvalue weighted by atomic mass is 9.81. The Morgan fingerprint density at radius 1 is 1.37 bits per heavy atom. The third-order valence-electron chi connectivity index (χ3n) is 5.51. The van der Waals surface area contributed by atoms with Crippen molar-refractivity contribution in [2.45, 2.75) is 36.7 Å². The zero-order chi connectivity index (χ0) is 13.0. The highest BCUT2D eigenvalue weighted by atomic mass is 32.2. The lowest BCUT2D eigenvalue weighted by molar-refractivity contribution is -0.137. The number of thioether (sulfide) groups is 1. The lowest BCUT2D eigenvalue weighted by Crippen LogP contribution is -2.30. The Bertz CT molecular complexity index is 410. The molecule has 2 bridgehead atoms. The van der Waals surface area contributed by atoms with Gasteiger partial charge < -0.3 is 9.47 Å². The van der Waals surface area contributed by atoms with Gasteiger partial charge in [0.05, 0.1) is 12.2 Å². The fourth-order valence-electron chi connectivity index (χ4n) is 4.84. The molecule has 0 N–H and O–H groups in total. The quantitative estimate of drug-likeness (QED) is 0.335. The summed E-state index contributed by atoms with van der Waals surface area (Å²) >= 11 is 2.00. The van der Waals surface area contributed by atoms with Gasteiger partial charge in [-0.3, -0.25) is 0 Å². The zero-order valence-electron chi connectivity index (χ0n) is 11.0. The average molecular weight is 280 g/mol. The van der Waals surface area contributed by atoms with Gasteiger partial charge in [-0.15, -0.1) is 0 Å². The minimum atomic E-state index is -0.307. The molecule has 0 aromatic carbocycles. The van der Waals surface area contributed by atoms with Crippen LogP contribution in [-0.4, -0.2) is 35.8 Å². The number of fused-ring (bicyclic) bond motifs is 7. The van der Waals surface area contributed by atoms with Gasteiger partial charge in [0.2, 0.25) is 0 Å². The second-order valence-corrected chi connectivity index (χ2v) is 7.64. The van der Waals surface area contributed by atoms with Gasteiger partial charge in [-0.1, -0.05) is 6.58 Å². The molecule has 104 valence electrons. The van der Waals surface area contributed by atoms with E-state index in [1.165, 1.54) is 25.3 Å². The van der Waals surface area contributed by atoms with E-state index >= 15 is 0 Å². The van der Waals surface area contributed by atoms with E-state index in [0.717, 1.165) is 34.7 Å². The molecule has 1 saturated heterocycles. The molecule has 3 aliphatic carbocycles. The second kappa shape index (κ2) is 4.52. The summed E-state index contributed by atoms with van der Waals surface area (Å²) in [5.41, 5.74) is 0. The molecule has 0 aromatic rings. The summed E-state index contributed by atoms with van der Waals surface area (Å²) in [6.07, 6.45) is 6.61. The Morgan fingerprint density at radius 2 is 2.26 bits per heavy atom. The number of hydrogen-bond donors (Lipinski definition) is 0. The van der Waals surface area contributed by atoms with Crippen molar-refractivity contribution in [3.8, 4) is 0 Å². The summed E-state index contributed by atoms with van der Waals surface area (Å²) in [5.74, 6) is 4.27. The number of ether oxygens (including phenoxy) is 2. The molecule has 4 heteroatoms. The van der Waals surface area contributed by atoms with Crippen LogP contribution in [0, 0.1) is 23.7 Å². The van der Waals surface area contributed by atoms with Gasteiger partial charge in [0, 0.05) is 17.1 Å². The largest absolute Gasteiger partial charge is 0.462 e. The van der Waals surface area contributed by atoms with E-state index in [1.807, 2.05) is 11.8 Å². The Kier molecular flexibility index (Phi) is 2.92. The summed E-state index contributed by atoms with van der Waals surface area (Å²) in [5, 5.41) is 0.775. The number of hydrogen-bond acceptors (Lipinski definition) is 4. The molecule has 7 atom stereocenters. The first-order chi connectivity index (χ1) is 9.28. The highest BCUT2D eigenvalue weighted by Gasteiger charge is 2.66. The third kappa shape index (κ3) is 1.95. The van der Waals surface area contributed by atoms with Crippen LogP contribution in [0.25, 0.3) is 0 Å². The molecule has 4 fully saturated rings. The van der Waals surface area contributed by atoms with Crippen LogP contribution in [0.3, 0.4) is 0 Å². The first-order valence-electron chi connectivity index (χ1n) is 7.34. The maximum atomic E-state index is 11.0. The van der Waals surface area contributed by atoms with Crippen molar-refractivity contribution >= 4 is 17.7 Å². The fourth-order valence-corrected chi connectivity index (χ4v) is 6.24. The van der Waals surface area contributed by atoms with E-state index in [9.17, 15) is 4.79 Å². The molecule has 0 radical (unpaired) electrons. The molecular formula is C15H20O3S. The maximum Gasteiger partial charge on any atom is 0.330 e. The van der Waals surface area contributed by atoms with E-state index in [-0.39, 0.29) is 5.97 Å². The maximum absolute atomic E-state index is 11.0. The highest BCUT2D eigenvalue weighted by molar-refractivity contribution is 7.99. The molecule has 3 nitrogen and oxygen atoms in total. The van der Waals surface area contributed by atoms with Crippen LogP contribution >= 0.6 is 11.8 Å². The molecular weight excluding hydrogens is 260 g/mol. The van der Waals surface area contributed by atoms with Crippen LogP contribution in [-0.2, 0) is 14.3 Å². The molecule has 1 aliphatic heterocycles. The number of carbonyl (C=O) groups is 1. The van der Waals surface area contributed by atoms with Crippen molar-refractivity contribution in [3.63, 3.8) is 0 Å². The van der Waals surface area contributed by atoms with Gasteiger partial charge in [-0.05, 0) is 42.9 Å². The molecule has 0 spiro atoms. The van der Waals surface area contributed by atoms with Crippen molar-refractivity contribution in [2.24, 2.45) is 23.7 Å². The normalized spacial score (nSPS) is 48.7. The van der Waals surface area contributed by atoms with Crippen molar-refractivity contribution in [1.29, 1.82) is 0 Å². The van der Waals surface area contributed by atoms with Gasteiger partial charge in [0.1, 0.15) is 6.61 Å². The van der Waals surface area contributed by atoms with E-state index in [4.69, 9.17) is 9.47 Å². The second-order valence-electron chi connectivity index (χ2n) is 6.29. The fraction of sp³-hybridized carbons (Fsp3) is 0.800. The molecule has 4 rings (SSSR count). The predicted molar refractivity (Wildman–Crippen MR) is 73.9 cm³/mol. The molecule has 0 aromatic heterocycles. The zero-order valence-corrected chi connectivity index (χ0v) is 11.8. The SMILES string of the molecule is C=CC(=O)OCCSC1CC2CC1C1C2CC2OC21. The van der Waals surface area contributed by atoms with E-state index < -0.39 is 0 Å². The van der Waals surface area contributed by atoms with Crippen LogP contribution in [0.4, 0.5) is 0 Å². The van der Waals surface area contributed by atoms with Gasteiger partial charge >= 0.3 is 5.97 Å². The van der Waals surface area contributed by atoms with Gasteiger partial charge in [0.25, 0.3) is 0 Å². The van der Waals surface area contributed by atoms with E-state index in [0.29, 0.717) is 18.8 Å². The van der Waals surface area contributed by atoms with Crippen LogP contribution < -0.4 is 0 Å². The monoisotopic (exact) mass is 280 g/mol. The summed E-state index contributed by atoms with van der Waals surface area (Å²) in [6, 6.07) is 0. The number of carbonyl (C=O) groups excluding carboxylic acids is 1. The standard InChI is InChI=1S/C15H20O3S/c1-2-13(16)17-3-4-19-12-6-8-5-10(12)14-9(8)7-11-15(14)18-11/h2,8-12,14-15H,1,3-7H2. The van der Waals surface area contributed by atoms with Crippen LogP contribution in [0.5, 0.6) is 0 Å². The molecule has 19 heavy (non-hydrogen) atoms. The topological polar surface area (TPSA) is 38.8 Å². The Morgan fingerprint density at radius 3 is 3.11 bits per heavy atom.